The maximum atomic E-state index is 10.9. The van der Waals surface area contributed by atoms with E-state index < -0.39 is 0 Å². The maximum absolute atomic E-state index is 10.9. The van der Waals surface area contributed by atoms with Crippen LogP contribution in [0.25, 0.3) is 0 Å². The van der Waals surface area contributed by atoms with Crippen LogP contribution in [0.5, 0.6) is 23.0 Å². The maximum Gasteiger partial charge on any atom is 0.161 e. The van der Waals surface area contributed by atoms with Crippen LogP contribution in [0.3, 0.4) is 0 Å². The number of aromatic nitrogens is 6. The average molecular weight is 689 g/mol. The molecule has 2 aromatic carbocycles. The van der Waals surface area contributed by atoms with Crippen molar-refractivity contribution >= 4 is 12.6 Å². The lowest BCUT2D eigenvalue weighted by Crippen LogP contribution is -2.01. The van der Waals surface area contributed by atoms with Crippen molar-refractivity contribution in [3.63, 3.8) is 0 Å². The molecule has 0 bridgehead atoms. The van der Waals surface area contributed by atoms with Crippen molar-refractivity contribution in [2.75, 3.05) is 27.4 Å². The summed E-state index contributed by atoms with van der Waals surface area (Å²) < 4.78 is 26.2. The van der Waals surface area contributed by atoms with Gasteiger partial charge in [0.1, 0.15) is 12.6 Å². The number of benzene rings is 2. The molecule has 0 saturated carbocycles. The van der Waals surface area contributed by atoms with Crippen molar-refractivity contribution in [1.29, 1.82) is 0 Å². The van der Waals surface area contributed by atoms with E-state index in [-0.39, 0.29) is 0 Å². The molecule has 12 heteroatoms. The minimum atomic E-state index is 0.565. The Kier molecular flexibility index (Phi) is 16.8. The highest BCUT2D eigenvalue weighted by Gasteiger charge is 2.08. The van der Waals surface area contributed by atoms with Crippen LogP contribution in [0.15, 0.2) is 48.8 Å². The molecule has 0 unspecified atom stereocenters. The fourth-order valence-electron chi connectivity index (χ4n) is 5.67. The smallest absolute Gasteiger partial charge is 0.161 e. The molecule has 4 rings (SSSR count). The van der Waals surface area contributed by atoms with E-state index in [1.165, 1.54) is 38.5 Å². The number of aryl methyl sites for hydroxylation is 4. The molecule has 0 radical (unpaired) electrons. The van der Waals surface area contributed by atoms with Crippen LogP contribution in [0.2, 0.25) is 0 Å². The van der Waals surface area contributed by atoms with Crippen LogP contribution in [-0.2, 0) is 25.9 Å². The van der Waals surface area contributed by atoms with Crippen molar-refractivity contribution in [1.82, 2.24) is 30.0 Å². The van der Waals surface area contributed by atoms with Gasteiger partial charge in [0, 0.05) is 36.6 Å². The van der Waals surface area contributed by atoms with Crippen LogP contribution < -0.4 is 18.9 Å². The van der Waals surface area contributed by atoms with E-state index in [9.17, 15) is 9.59 Å². The van der Waals surface area contributed by atoms with E-state index in [4.69, 9.17) is 18.9 Å². The fraction of sp³-hybridized carbons (Fsp3) is 0.526. The Balaban J connectivity index is 0.945. The van der Waals surface area contributed by atoms with Crippen LogP contribution in [-0.4, -0.2) is 70.0 Å². The molecule has 0 fully saturated rings. The second-order valence-corrected chi connectivity index (χ2v) is 12.4. The lowest BCUT2D eigenvalue weighted by atomic mass is 10.1. The highest BCUT2D eigenvalue weighted by Crippen LogP contribution is 2.28. The minimum absolute atomic E-state index is 0.565. The third-order valence-corrected chi connectivity index (χ3v) is 8.51. The molecule has 0 aliphatic heterocycles. The number of methoxy groups -OCH3 is 2. The van der Waals surface area contributed by atoms with Gasteiger partial charge in [-0.1, -0.05) is 49.0 Å². The van der Waals surface area contributed by atoms with E-state index in [1.54, 1.807) is 50.6 Å². The van der Waals surface area contributed by atoms with Crippen molar-refractivity contribution in [3.05, 3.63) is 71.3 Å². The molecule has 4 aromatic rings. The number of nitrogens with zero attached hydrogens (tertiary/aromatic N) is 6. The zero-order valence-electron chi connectivity index (χ0n) is 29.6. The molecule has 0 aliphatic rings. The minimum Gasteiger partial charge on any atom is -0.493 e. The summed E-state index contributed by atoms with van der Waals surface area (Å²) in [6, 6.07) is 10.4. The average Bonchev–Trinajstić information content (AvgIpc) is 3.81. The van der Waals surface area contributed by atoms with Gasteiger partial charge in [-0.25, -0.2) is 0 Å². The number of unbranched alkanes of at least 4 members (excludes halogenated alkanes) is 9. The van der Waals surface area contributed by atoms with Gasteiger partial charge in [-0.15, -0.1) is 10.2 Å². The number of rotatable bonds is 27. The normalized spacial score (nSPS) is 11.0. The zero-order chi connectivity index (χ0) is 35.2. The molecular formula is C38H52N6O6. The van der Waals surface area contributed by atoms with Gasteiger partial charge in [0.05, 0.1) is 38.8 Å². The van der Waals surface area contributed by atoms with E-state index in [0.717, 1.165) is 88.4 Å². The summed E-state index contributed by atoms with van der Waals surface area (Å²) in [4.78, 5) is 21.9. The second kappa shape index (κ2) is 22.1. The number of aldehydes is 2. The van der Waals surface area contributed by atoms with Crippen LogP contribution in [0.4, 0.5) is 0 Å². The quantitative estimate of drug-likeness (QED) is 0.0470. The Morgan fingerprint density at radius 2 is 0.960 bits per heavy atom. The van der Waals surface area contributed by atoms with Crippen molar-refractivity contribution < 1.29 is 28.5 Å². The Morgan fingerprint density at radius 3 is 1.36 bits per heavy atom. The van der Waals surface area contributed by atoms with Crippen LogP contribution in [0, 0.1) is 0 Å². The number of ether oxygens (including phenoxy) is 4. The molecule has 50 heavy (non-hydrogen) atoms. The van der Waals surface area contributed by atoms with Gasteiger partial charge < -0.3 is 18.9 Å². The molecule has 12 nitrogen and oxygen atoms in total. The molecule has 0 atom stereocenters. The van der Waals surface area contributed by atoms with E-state index in [1.807, 2.05) is 9.36 Å². The van der Waals surface area contributed by atoms with Crippen molar-refractivity contribution in [3.8, 4) is 23.0 Å². The van der Waals surface area contributed by atoms with E-state index in [2.05, 4.69) is 33.0 Å². The van der Waals surface area contributed by atoms with Crippen LogP contribution >= 0.6 is 0 Å². The number of carbonyl (C=O) groups excluding carboxylic acids is 2. The first-order chi connectivity index (χ1) is 24.6. The monoisotopic (exact) mass is 688 g/mol. The van der Waals surface area contributed by atoms with Gasteiger partial charge >= 0.3 is 0 Å². The summed E-state index contributed by atoms with van der Waals surface area (Å²) >= 11 is 0. The Morgan fingerprint density at radius 1 is 0.540 bits per heavy atom. The second-order valence-electron chi connectivity index (χ2n) is 12.4. The van der Waals surface area contributed by atoms with Gasteiger partial charge in [-0.05, 0) is 87.8 Å². The number of hydrogen-bond acceptors (Lipinski definition) is 10. The Hall–Kier alpha value is -4.74. The predicted octanol–water partition coefficient (Wildman–Crippen LogP) is 7.14. The van der Waals surface area contributed by atoms with E-state index in [0.29, 0.717) is 47.3 Å². The van der Waals surface area contributed by atoms with Crippen LogP contribution in [0.1, 0.15) is 109 Å². The molecule has 0 spiro atoms. The van der Waals surface area contributed by atoms with Crippen molar-refractivity contribution in [2.45, 2.75) is 103 Å². The number of carbonyl (C=O) groups is 2. The topological polar surface area (TPSA) is 132 Å². The first-order valence-corrected chi connectivity index (χ1v) is 17.9. The molecular weight excluding hydrogens is 636 g/mol. The van der Waals surface area contributed by atoms with Gasteiger partial charge in [0.15, 0.2) is 23.0 Å². The Labute approximate surface area is 295 Å². The van der Waals surface area contributed by atoms with Gasteiger partial charge in [-0.2, -0.15) is 0 Å². The molecule has 0 saturated heterocycles. The fourth-order valence-corrected chi connectivity index (χ4v) is 5.67. The molecule has 0 amide bonds. The van der Waals surface area contributed by atoms with Gasteiger partial charge in [0.2, 0.25) is 0 Å². The van der Waals surface area contributed by atoms with Gasteiger partial charge in [0.25, 0.3) is 0 Å². The van der Waals surface area contributed by atoms with Crippen molar-refractivity contribution in [2.24, 2.45) is 0 Å². The predicted molar refractivity (Wildman–Crippen MR) is 191 cm³/mol. The highest BCUT2D eigenvalue weighted by molar-refractivity contribution is 5.77. The summed E-state index contributed by atoms with van der Waals surface area (Å²) in [6.45, 7) is 2.97. The molecule has 0 N–H and O–H groups in total. The summed E-state index contributed by atoms with van der Waals surface area (Å²) in [5, 5.41) is 17.3. The summed E-state index contributed by atoms with van der Waals surface area (Å²) in [5.41, 5.74) is 3.16. The zero-order valence-corrected chi connectivity index (χ0v) is 29.6. The first-order valence-electron chi connectivity index (χ1n) is 17.9. The van der Waals surface area contributed by atoms with E-state index >= 15 is 0 Å². The molecule has 270 valence electrons. The van der Waals surface area contributed by atoms with Gasteiger partial charge in [-0.3, -0.25) is 19.0 Å². The first kappa shape index (κ1) is 38.1. The summed E-state index contributed by atoms with van der Waals surface area (Å²) in [5.74, 6) is 2.44. The highest BCUT2D eigenvalue weighted by atomic mass is 16.5. The third-order valence-electron chi connectivity index (χ3n) is 8.51. The molecule has 0 aliphatic carbocycles. The molecule has 2 heterocycles. The lowest BCUT2D eigenvalue weighted by molar-refractivity contribution is 0.111. The Bertz CT molecular complexity index is 1460. The summed E-state index contributed by atoms with van der Waals surface area (Å²) in [6.07, 6.45) is 20.9. The number of hydrogen-bond donors (Lipinski definition) is 0. The lowest BCUT2D eigenvalue weighted by Gasteiger charge is -2.10. The largest absolute Gasteiger partial charge is 0.493 e. The third kappa shape index (κ3) is 13.3. The molecule has 2 aromatic heterocycles. The summed E-state index contributed by atoms with van der Waals surface area (Å²) in [7, 11) is 3.14. The standard InChI is InChI=1S/C38H52N6O6/c1-47-37-25-31(29-45)17-19-35(37)49-23-13-9-15-33-27-43(41-39-33)21-11-7-5-3-4-6-8-12-22-44-28-34(40-42-44)16-10-14-24-50-36-20-18-32(30-46)26-38(36)48-2/h17-20,25-30H,3-16,21-24H2,1-2H3. The SMILES string of the molecule is COc1cc(C=O)ccc1OCCCCc1cn(CCCCCCCCCCn2cc(CCCCOc3ccc(C=O)cc3OC)nn2)nn1.